The van der Waals surface area contributed by atoms with Crippen molar-refractivity contribution in [3.63, 3.8) is 0 Å². The summed E-state index contributed by atoms with van der Waals surface area (Å²) in [7, 11) is 0. The Labute approximate surface area is 178 Å². The smallest absolute Gasteiger partial charge is 0.191 e. The number of hydrogen-bond donors (Lipinski definition) is 2. The molecule has 0 amide bonds. The second kappa shape index (κ2) is 11.3. The molecule has 3 rings (SSSR count). The average Bonchev–Trinajstić information content (AvgIpc) is 2.78. The number of nitrogens with one attached hydrogen (secondary N) is 2. The quantitative estimate of drug-likeness (QED) is 0.539. The third kappa shape index (κ3) is 6.57. The van der Waals surface area contributed by atoms with E-state index in [0.29, 0.717) is 30.2 Å². The lowest BCUT2D eigenvalue weighted by Gasteiger charge is -2.26. The number of hydrogen-bond acceptors (Lipinski definition) is 3. The van der Waals surface area contributed by atoms with Crippen molar-refractivity contribution < 1.29 is 4.39 Å². The summed E-state index contributed by atoms with van der Waals surface area (Å²) in [4.78, 5) is 7.13. The van der Waals surface area contributed by atoms with Gasteiger partial charge in [-0.15, -0.1) is 0 Å². The van der Waals surface area contributed by atoms with Crippen LogP contribution in [0.3, 0.4) is 0 Å². The van der Waals surface area contributed by atoms with Crippen molar-refractivity contribution in [2.75, 3.05) is 19.6 Å². The maximum atomic E-state index is 14.0. The van der Waals surface area contributed by atoms with Gasteiger partial charge in [0.2, 0.25) is 0 Å². The van der Waals surface area contributed by atoms with Crippen LogP contribution in [0, 0.1) is 17.1 Å². The number of benzene rings is 2. The molecule has 0 atom stereocenters. The molecule has 158 valence electrons. The van der Waals surface area contributed by atoms with E-state index in [0.717, 1.165) is 12.1 Å². The molecule has 0 unspecified atom stereocenters. The molecule has 1 aliphatic heterocycles. The van der Waals surface area contributed by atoms with Crippen molar-refractivity contribution in [1.29, 1.82) is 5.26 Å². The van der Waals surface area contributed by atoms with E-state index in [2.05, 4.69) is 44.8 Å². The van der Waals surface area contributed by atoms with Crippen LogP contribution in [-0.4, -0.2) is 30.5 Å². The number of piperidine rings is 1. The van der Waals surface area contributed by atoms with Crippen molar-refractivity contribution in [3.8, 4) is 6.07 Å². The fourth-order valence-electron chi connectivity index (χ4n) is 3.60. The van der Waals surface area contributed by atoms with Crippen LogP contribution in [-0.2, 0) is 19.6 Å². The van der Waals surface area contributed by atoms with E-state index in [1.807, 2.05) is 13.0 Å². The second-order valence-corrected chi connectivity index (χ2v) is 7.62. The standard InChI is InChI=1S/C24H30FN5/c1-2-27-24(29-17-22-14-21(15-26)10-11-23(22)25)28-16-19-6-8-20(9-7-19)18-30-12-4-3-5-13-30/h6-11,14H,2-5,12-13,16-18H2,1H3,(H2,27,28,29). The lowest BCUT2D eigenvalue weighted by Crippen LogP contribution is -2.37. The maximum Gasteiger partial charge on any atom is 0.191 e. The molecule has 30 heavy (non-hydrogen) atoms. The Bertz CT molecular complexity index is 879. The molecule has 2 N–H and O–H groups in total. The van der Waals surface area contributed by atoms with Gasteiger partial charge in [0.25, 0.3) is 0 Å². The van der Waals surface area contributed by atoms with Gasteiger partial charge in [0.15, 0.2) is 5.96 Å². The molecule has 2 aromatic rings. The van der Waals surface area contributed by atoms with Gasteiger partial charge in [0, 0.05) is 25.2 Å². The van der Waals surface area contributed by atoms with E-state index >= 15 is 0 Å². The molecule has 0 spiro atoms. The number of nitriles is 1. The van der Waals surface area contributed by atoms with Crippen LogP contribution >= 0.6 is 0 Å². The van der Waals surface area contributed by atoms with Gasteiger partial charge < -0.3 is 10.6 Å². The molecule has 0 bridgehead atoms. The first-order valence-electron chi connectivity index (χ1n) is 10.7. The van der Waals surface area contributed by atoms with Gasteiger partial charge in [-0.25, -0.2) is 9.38 Å². The minimum atomic E-state index is -0.332. The van der Waals surface area contributed by atoms with Crippen molar-refractivity contribution in [2.45, 2.75) is 45.8 Å². The summed E-state index contributed by atoms with van der Waals surface area (Å²) in [6.45, 7) is 6.91. The summed E-state index contributed by atoms with van der Waals surface area (Å²) in [6.07, 6.45) is 3.96. The van der Waals surface area contributed by atoms with E-state index in [1.54, 1.807) is 6.07 Å². The van der Waals surface area contributed by atoms with Crippen molar-refractivity contribution in [3.05, 3.63) is 70.5 Å². The topological polar surface area (TPSA) is 63.5 Å². The monoisotopic (exact) mass is 407 g/mol. The van der Waals surface area contributed by atoms with E-state index < -0.39 is 0 Å². The predicted molar refractivity (Wildman–Crippen MR) is 118 cm³/mol. The normalized spacial score (nSPS) is 14.9. The SMILES string of the molecule is CCNC(=NCc1ccc(CN2CCCCC2)cc1)NCc1cc(C#N)ccc1F. The molecule has 1 aliphatic rings. The number of nitrogens with zero attached hydrogens (tertiary/aromatic N) is 3. The van der Waals surface area contributed by atoms with Gasteiger partial charge in [0.05, 0.1) is 18.2 Å². The van der Waals surface area contributed by atoms with E-state index in [-0.39, 0.29) is 12.4 Å². The van der Waals surface area contributed by atoms with Crippen LogP contribution in [0.5, 0.6) is 0 Å². The highest BCUT2D eigenvalue weighted by Gasteiger charge is 2.10. The molecule has 5 nitrogen and oxygen atoms in total. The first-order chi connectivity index (χ1) is 14.7. The van der Waals surface area contributed by atoms with E-state index in [1.165, 1.54) is 50.0 Å². The summed E-state index contributed by atoms with van der Waals surface area (Å²) in [5.41, 5.74) is 3.36. The summed E-state index contributed by atoms with van der Waals surface area (Å²) in [6, 6.07) is 15.0. The Morgan fingerprint density at radius 2 is 1.80 bits per heavy atom. The highest BCUT2D eigenvalue weighted by Crippen LogP contribution is 2.14. The lowest BCUT2D eigenvalue weighted by atomic mass is 10.1. The molecule has 0 aliphatic carbocycles. The van der Waals surface area contributed by atoms with Crippen molar-refractivity contribution >= 4 is 5.96 Å². The zero-order valence-corrected chi connectivity index (χ0v) is 17.6. The second-order valence-electron chi connectivity index (χ2n) is 7.62. The predicted octanol–water partition coefficient (Wildman–Crippen LogP) is 3.94. The number of halogens is 1. The molecule has 0 saturated carbocycles. The minimum Gasteiger partial charge on any atom is -0.357 e. The molecular formula is C24H30FN5. The summed E-state index contributed by atoms with van der Waals surface area (Å²) < 4.78 is 14.0. The van der Waals surface area contributed by atoms with Gasteiger partial charge in [-0.3, -0.25) is 4.90 Å². The van der Waals surface area contributed by atoms with E-state index in [4.69, 9.17) is 5.26 Å². The lowest BCUT2D eigenvalue weighted by molar-refractivity contribution is 0.221. The average molecular weight is 408 g/mol. The molecule has 1 fully saturated rings. The Morgan fingerprint density at radius 1 is 1.07 bits per heavy atom. The molecule has 0 aromatic heterocycles. The first-order valence-corrected chi connectivity index (χ1v) is 10.7. The largest absolute Gasteiger partial charge is 0.357 e. The molecule has 0 radical (unpaired) electrons. The van der Waals surface area contributed by atoms with E-state index in [9.17, 15) is 4.39 Å². The Morgan fingerprint density at radius 3 is 2.50 bits per heavy atom. The van der Waals surface area contributed by atoms with Crippen LogP contribution in [0.25, 0.3) is 0 Å². The Kier molecular flexibility index (Phi) is 8.22. The minimum absolute atomic E-state index is 0.266. The zero-order valence-electron chi connectivity index (χ0n) is 17.6. The van der Waals surface area contributed by atoms with Crippen molar-refractivity contribution in [2.24, 2.45) is 4.99 Å². The van der Waals surface area contributed by atoms with Crippen LogP contribution < -0.4 is 10.6 Å². The summed E-state index contributed by atoms with van der Waals surface area (Å²) in [5, 5.41) is 15.3. The van der Waals surface area contributed by atoms with Gasteiger partial charge in [0.1, 0.15) is 5.82 Å². The molecule has 2 aromatic carbocycles. The fraction of sp³-hybridized carbons (Fsp3) is 0.417. The molecule has 1 saturated heterocycles. The van der Waals surface area contributed by atoms with Gasteiger partial charge >= 0.3 is 0 Å². The summed E-state index contributed by atoms with van der Waals surface area (Å²) in [5.74, 6) is 0.290. The summed E-state index contributed by atoms with van der Waals surface area (Å²) >= 11 is 0. The number of aliphatic imine (C=N–C) groups is 1. The number of guanidine groups is 1. The molecule has 6 heteroatoms. The van der Waals surface area contributed by atoms with Crippen LogP contribution in [0.1, 0.15) is 48.4 Å². The van der Waals surface area contributed by atoms with Gasteiger partial charge in [-0.05, 0) is 62.2 Å². The third-order valence-corrected chi connectivity index (χ3v) is 5.26. The Hall–Kier alpha value is -2.91. The molecule has 1 heterocycles. The van der Waals surface area contributed by atoms with Gasteiger partial charge in [-0.2, -0.15) is 5.26 Å². The van der Waals surface area contributed by atoms with Crippen molar-refractivity contribution in [1.82, 2.24) is 15.5 Å². The Balaban J connectivity index is 1.57. The van der Waals surface area contributed by atoms with Crippen LogP contribution in [0.2, 0.25) is 0 Å². The highest BCUT2D eigenvalue weighted by atomic mass is 19.1. The number of rotatable bonds is 7. The highest BCUT2D eigenvalue weighted by molar-refractivity contribution is 5.79. The van der Waals surface area contributed by atoms with Gasteiger partial charge in [-0.1, -0.05) is 30.7 Å². The third-order valence-electron chi connectivity index (χ3n) is 5.26. The van der Waals surface area contributed by atoms with Crippen LogP contribution in [0.15, 0.2) is 47.5 Å². The number of likely N-dealkylation sites (tertiary alicyclic amines) is 1. The maximum absolute atomic E-state index is 14.0. The fourth-order valence-corrected chi connectivity index (χ4v) is 3.60. The molecular weight excluding hydrogens is 377 g/mol. The first kappa shape index (κ1) is 21.8. The zero-order chi connectivity index (χ0) is 21.2. The van der Waals surface area contributed by atoms with Crippen LogP contribution in [0.4, 0.5) is 4.39 Å².